The van der Waals surface area contributed by atoms with E-state index in [1.54, 1.807) is 18.6 Å². The van der Waals surface area contributed by atoms with E-state index in [-0.39, 0.29) is 12.5 Å². The maximum absolute atomic E-state index is 11.0. The van der Waals surface area contributed by atoms with Crippen molar-refractivity contribution in [3.8, 4) is 18.0 Å². The summed E-state index contributed by atoms with van der Waals surface area (Å²) in [5.74, 6) is 6.86. The molecule has 3 heterocycles. The van der Waals surface area contributed by atoms with Crippen molar-refractivity contribution < 1.29 is 4.79 Å². The zero-order valence-electron chi connectivity index (χ0n) is 17.0. The van der Waals surface area contributed by atoms with Gasteiger partial charge < -0.3 is 26.6 Å². The third-order valence-corrected chi connectivity index (χ3v) is 4.54. The van der Waals surface area contributed by atoms with E-state index in [2.05, 4.69) is 42.0 Å². The average molecular weight is 418 g/mol. The first-order valence-corrected chi connectivity index (χ1v) is 9.53. The summed E-state index contributed by atoms with van der Waals surface area (Å²) in [7, 11) is 0. The smallest absolute Gasteiger partial charge is 0.236 e. The second-order valence-corrected chi connectivity index (χ2v) is 6.69. The molecular weight excluding hydrogens is 396 g/mol. The number of nitriles is 1. The van der Waals surface area contributed by atoms with Gasteiger partial charge in [-0.15, -0.1) is 4.99 Å². The Hall–Kier alpha value is -4.38. The first kappa shape index (κ1) is 21.3. The van der Waals surface area contributed by atoms with Crippen molar-refractivity contribution in [1.82, 2.24) is 25.2 Å². The Labute approximate surface area is 179 Å². The van der Waals surface area contributed by atoms with Crippen LogP contribution >= 0.6 is 0 Å². The van der Waals surface area contributed by atoms with Crippen molar-refractivity contribution in [3.05, 3.63) is 41.3 Å². The van der Waals surface area contributed by atoms with Crippen LogP contribution in [-0.4, -0.2) is 64.4 Å². The topological polar surface area (TPSA) is 162 Å². The molecule has 11 heteroatoms. The van der Waals surface area contributed by atoms with E-state index in [1.165, 1.54) is 0 Å². The highest BCUT2D eigenvalue weighted by atomic mass is 16.1. The van der Waals surface area contributed by atoms with E-state index in [4.69, 9.17) is 16.7 Å². The Bertz CT molecular complexity index is 1070. The lowest BCUT2D eigenvalue weighted by molar-refractivity contribution is -0.117. The number of aliphatic imine (C=N–C) groups is 1. The Kier molecular flexibility index (Phi) is 6.81. The molecule has 1 saturated heterocycles. The summed E-state index contributed by atoms with van der Waals surface area (Å²) < 4.78 is 0. The fraction of sp³-hybridized carbons (Fsp3) is 0.300. The van der Waals surface area contributed by atoms with E-state index in [9.17, 15) is 4.79 Å². The Morgan fingerprint density at radius 1 is 1.29 bits per heavy atom. The van der Waals surface area contributed by atoms with Gasteiger partial charge in [-0.2, -0.15) is 10.2 Å². The summed E-state index contributed by atoms with van der Waals surface area (Å²) in [4.78, 5) is 31.5. The number of amides is 1. The molecule has 0 aliphatic carbocycles. The molecule has 31 heavy (non-hydrogen) atoms. The van der Waals surface area contributed by atoms with Gasteiger partial charge in [0, 0.05) is 44.1 Å². The van der Waals surface area contributed by atoms with E-state index in [0.717, 1.165) is 5.56 Å². The molecule has 2 aromatic rings. The fourth-order valence-electron chi connectivity index (χ4n) is 3.09. The van der Waals surface area contributed by atoms with Crippen molar-refractivity contribution in [2.24, 2.45) is 10.7 Å². The fourth-order valence-corrected chi connectivity index (χ4v) is 3.09. The number of aromatic nitrogens is 3. The van der Waals surface area contributed by atoms with E-state index in [0.29, 0.717) is 49.2 Å². The quantitative estimate of drug-likeness (QED) is 0.250. The van der Waals surface area contributed by atoms with E-state index in [1.807, 2.05) is 24.0 Å². The highest BCUT2D eigenvalue weighted by Gasteiger charge is 2.24. The number of nitrogens with two attached hydrogens (primary N) is 2. The number of hydrogen-bond acceptors (Lipinski definition) is 8. The van der Waals surface area contributed by atoms with Crippen LogP contribution in [0.4, 0.5) is 11.8 Å². The van der Waals surface area contributed by atoms with Gasteiger partial charge in [0.05, 0.1) is 17.8 Å². The lowest BCUT2D eigenvalue weighted by Gasteiger charge is -2.37. The standard InChI is InChI=1S/C20H22N10O/c1-14-16(5-4-15-3-2-6-24-11-15)18(28-19(23)27-14)29-7-9-30(10-8-29)20(26-13-21)25-12-17(22)31/h2-3,6,11H,7-10,12H2,1H3,(H2,22,31)(H,25,26)(H2,23,27,28). The van der Waals surface area contributed by atoms with Crippen molar-refractivity contribution >= 4 is 23.6 Å². The number of pyridine rings is 1. The van der Waals surface area contributed by atoms with Crippen LogP contribution in [0.1, 0.15) is 16.8 Å². The Balaban J connectivity index is 1.80. The van der Waals surface area contributed by atoms with Gasteiger partial charge in [-0.3, -0.25) is 9.78 Å². The lowest BCUT2D eigenvalue weighted by Crippen LogP contribution is -2.53. The number of piperazine rings is 1. The predicted octanol–water partition coefficient (Wildman–Crippen LogP) is -0.804. The van der Waals surface area contributed by atoms with Crippen LogP contribution in [0.25, 0.3) is 0 Å². The molecule has 0 bridgehead atoms. The molecular formula is C20H22N10O. The molecule has 5 N–H and O–H groups in total. The summed E-state index contributed by atoms with van der Waals surface area (Å²) in [5.41, 5.74) is 13.2. The van der Waals surface area contributed by atoms with Crippen LogP contribution < -0.4 is 21.7 Å². The molecule has 1 fully saturated rings. The van der Waals surface area contributed by atoms with Gasteiger partial charge in [-0.05, 0) is 19.1 Å². The number of nitrogens with one attached hydrogen (secondary N) is 1. The van der Waals surface area contributed by atoms with Gasteiger partial charge in [0.1, 0.15) is 5.82 Å². The van der Waals surface area contributed by atoms with Crippen molar-refractivity contribution in [3.63, 3.8) is 0 Å². The highest BCUT2D eigenvalue weighted by molar-refractivity contribution is 5.86. The molecule has 0 spiro atoms. The van der Waals surface area contributed by atoms with Crippen molar-refractivity contribution in [2.45, 2.75) is 6.92 Å². The number of carbonyl (C=O) groups excluding carboxylic acids is 1. The molecule has 0 radical (unpaired) electrons. The number of hydrogen-bond donors (Lipinski definition) is 3. The summed E-state index contributed by atoms with van der Waals surface area (Å²) in [6, 6.07) is 3.70. The second kappa shape index (κ2) is 9.89. The molecule has 1 aliphatic rings. The minimum atomic E-state index is -0.534. The van der Waals surface area contributed by atoms with Crippen LogP contribution in [0.2, 0.25) is 0 Å². The Morgan fingerprint density at radius 2 is 2.06 bits per heavy atom. The van der Waals surface area contributed by atoms with Gasteiger partial charge in [-0.1, -0.05) is 11.8 Å². The van der Waals surface area contributed by atoms with Crippen LogP contribution in [0.15, 0.2) is 29.5 Å². The molecule has 158 valence electrons. The zero-order chi connectivity index (χ0) is 22.2. The van der Waals surface area contributed by atoms with Crippen molar-refractivity contribution in [1.29, 1.82) is 5.26 Å². The number of nitrogens with zero attached hydrogens (tertiary/aromatic N) is 7. The highest BCUT2D eigenvalue weighted by Crippen LogP contribution is 2.22. The number of guanidine groups is 1. The first-order chi connectivity index (χ1) is 15.0. The zero-order valence-corrected chi connectivity index (χ0v) is 17.0. The minimum absolute atomic E-state index is 0.101. The van der Waals surface area contributed by atoms with Gasteiger partial charge in [0.2, 0.25) is 24.0 Å². The van der Waals surface area contributed by atoms with Gasteiger partial charge >= 0.3 is 0 Å². The van der Waals surface area contributed by atoms with Gasteiger partial charge in [-0.25, -0.2) is 4.98 Å². The maximum atomic E-state index is 11.0. The van der Waals surface area contributed by atoms with Crippen LogP contribution in [0.5, 0.6) is 0 Å². The number of anilines is 2. The predicted molar refractivity (Wildman–Crippen MR) is 115 cm³/mol. The van der Waals surface area contributed by atoms with Gasteiger partial charge in [0.15, 0.2) is 0 Å². The number of nitrogen functional groups attached to an aromatic ring is 1. The second-order valence-electron chi connectivity index (χ2n) is 6.69. The molecule has 0 saturated carbocycles. The average Bonchev–Trinajstić information content (AvgIpc) is 2.76. The molecule has 2 aromatic heterocycles. The first-order valence-electron chi connectivity index (χ1n) is 9.53. The summed E-state index contributed by atoms with van der Waals surface area (Å²) in [5, 5.41) is 11.7. The van der Waals surface area contributed by atoms with Crippen molar-refractivity contribution in [2.75, 3.05) is 43.4 Å². The van der Waals surface area contributed by atoms with Gasteiger partial charge in [0.25, 0.3) is 0 Å². The molecule has 0 aromatic carbocycles. The summed E-state index contributed by atoms with van der Waals surface area (Å²) >= 11 is 0. The van der Waals surface area contributed by atoms with E-state index >= 15 is 0 Å². The third kappa shape index (κ3) is 5.58. The van der Waals surface area contributed by atoms with E-state index < -0.39 is 5.91 Å². The molecule has 1 aliphatic heterocycles. The number of rotatable bonds is 3. The third-order valence-electron chi connectivity index (χ3n) is 4.54. The minimum Gasteiger partial charge on any atom is -0.368 e. The normalized spacial score (nSPS) is 13.7. The Morgan fingerprint density at radius 3 is 2.71 bits per heavy atom. The molecule has 0 unspecified atom stereocenters. The number of primary amides is 1. The molecule has 1 amide bonds. The molecule has 0 atom stereocenters. The van der Waals surface area contributed by atoms with Crippen LogP contribution in [0.3, 0.4) is 0 Å². The maximum Gasteiger partial charge on any atom is 0.236 e. The molecule has 3 rings (SSSR count). The monoisotopic (exact) mass is 418 g/mol. The van der Waals surface area contributed by atoms with Crippen LogP contribution in [0, 0.1) is 30.2 Å². The number of aryl methyl sites for hydroxylation is 1. The summed E-state index contributed by atoms with van der Waals surface area (Å²) in [6.07, 6.45) is 5.12. The summed E-state index contributed by atoms with van der Waals surface area (Å²) in [6.45, 7) is 4.00. The molecule has 11 nitrogen and oxygen atoms in total. The largest absolute Gasteiger partial charge is 0.368 e. The lowest BCUT2D eigenvalue weighted by atomic mass is 10.1. The SMILES string of the molecule is Cc1nc(N)nc(N2CCN(/C(=N\C#N)NCC(N)=O)CC2)c1C#Cc1cccnc1. The number of carbonyl (C=O) groups is 1. The van der Waals surface area contributed by atoms with Crippen LogP contribution in [-0.2, 0) is 4.79 Å².